The number of likely N-dealkylation sites (tertiary alicyclic amines) is 1. The van der Waals surface area contributed by atoms with Crippen molar-refractivity contribution in [2.45, 2.75) is 49.4 Å². The molecule has 3 aliphatic carbocycles. The number of rotatable bonds is 5. The highest BCUT2D eigenvalue weighted by atomic mass is 16.3. The number of carbonyl (C=O) groups is 3. The van der Waals surface area contributed by atoms with Crippen LogP contribution in [0.5, 0.6) is 5.75 Å². The molecule has 0 spiro atoms. The fourth-order valence-electron chi connectivity index (χ4n) is 7.61. The standard InChI is InChI=1S/C29H37N5O8/c1-12-14-6-7-15(34(5)13-8-10-33(4)11-9-13)22(35)17(14)23(36)18-16(12)24(37)20-21(32(2)3)25(38)19(28(30)41)27(40)29(20,31-42)26(18)39/h6-7,12-13,16,20-21,24,35-37,40H,8-11H2,1-5H3,(H2,30,41)/t12-,16+,20+,21-,24-,29-/m0/s1. The number of benzene rings is 1. The molecule has 42 heavy (non-hydrogen) atoms. The van der Waals surface area contributed by atoms with E-state index in [1.165, 1.54) is 19.0 Å². The van der Waals surface area contributed by atoms with Crippen molar-refractivity contribution >= 4 is 28.9 Å². The van der Waals surface area contributed by atoms with E-state index in [1.54, 1.807) is 19.1 Å². The van der Waals surface area contributed by atoms with Gasteiger partial charge in [0.05, 0.1) is 29.3 Å². The van der Waals surface area contributed by atoms with E-state index in [0.29, 0.717) is 11.3 Å². The van der Waals surface area contributed by atoms with Gasteiger partial charge in [-0.3, -0.25) is 19.3 Å². The maximum atomic E-state index is 14.3. The van der Waals surface area contributed by atoms with Crippen molar-refractivity contribution in [2.75, 3.05) is 46.2 Å². The van der Waals surface area contributed by atoms with Crippen molar-refractivity contribution in [3.63, 3.8) is 0 Å². The first-order valence-electron chi connectivity index (χ1n) is 13.9. The number of phenols is 1. The van der Waals surface area contributed by atoms with Crippen LogP contribution < -0.4 is 10.6 Å². The quantitative estimate of drug-likeness (QED) is 0.243. The topological polar surface area (TPSA) is 197 Å². The summed E-state index contributed by atoms with van der Waals surface area (Å²) >= 11 is 0. The fourth-order valence-corrected chi connectivity index (χ4v) is 7.61. The van der Waals surface area contributed by atoms with Crippen molar-refractivity contribution in [3.05, 3.63) is 45.1 Å². The van der Waals surface area contributed by atoms with Gasteiger partial charge < -0.3 is 36.0 Å². The molecule has 2 fully saturated rings. The summed E-state index contributed by atoms with van der Waals surface area (Å²) in [6.07, 6.45) is 0.0555. The van der Waals surface area contributed by atoms with E-state index in [4.69, 9.17) is 5.73 Å². The summed E-state index contributed by atoms with van der Waals surface area (Å²) in [5.41, 5.74) is 2.05. The van der Waals surface area contributed by atoms with Gasteiger partial charge in [-0.25, -0.2) is 0 Å². The molecule has 1 heterocycles. The number of aliphatic hydroxyl groups excluding tert-OH is 3. The van der Waals surface area contributed by atoms with Gasteiger partial charge in [0, 0.05) is 24.6 Å². The van der Waals surface area contributed by atoms with E-state index >= 15 is 0 Å². The molecule has 1 aromatic rings. The van der Waals surface area contributed by atoms with Crippen LogP contribution in [0.2, 0.25) is 0 Å². The number of nitroso groups, excluding NO2 is 1. The molecule has 1 amide bonds. The van der Waals surface area contributed by atoms with Crippen LogP contribution in [-0.2, 0) is 14.4 Å². The zero-order valence-electron chi connectivity index (χ0n) is 24.2. The zero-order chi connectivity index (χ0) is 31.0. The first kappa shape index (κ1) is 29.7. The summed E-state index contributed by atoms with van der Waals surface area (Å²) in [6.45, 7) is 3.46. The summed E-state index contributed by atoms with van der Waals surface area (Å²) in [4.78, 5) is 58.0. The van der Waals surface area contributed by atoms with Gasteiger partial charge in [-0.1, -0.05) is 13.0 Å². The number of anilines is 1. The maximum Gasteiger partial charge on any atom is 0.255 e. The van der Waals surface area contributed by atoms with Crippen LogP contribution in [0, 0.1) is 16.7 Å². The third kappa shape index (κ3) is 3.83. The van der Waals surface area contributed by atoms with E-state index in [9.17, 15) is 39.7 Å². The molecular formula is C29H37N5O8. The second-order valence-corrected chi connectivity index (χ2v) is 12.2. The number of carbonyl (C=O) groups excluding carboxylic acids is 3. The van der Waals surface area contributed by atoms with Gasteiger partial charge in [0.15, 0.2) is 5.78 Å². The summed E-state index contributed by atoms with van der Waals surface area (Å²) in [6, 6.07) is 2.15. The highest BCUT2D eigenvalue weighted by molar-refractivity contribution is 6.25. The number of nitrogens with two attached hydrogens (primary N) is 1. The molecule has 0 radical (unpaired) electrons. The number of ketones is 2. The van der Waals surface area contributed by atoms with Crippen LogP contribution >= 0.6 is 0 Å². The predicted molar refractivity (Wildman–Crippen MR) is 153 cm³/mol. The Kier molecular flexibility index (Phi) is 7.19. The molecule has 1 saturated heterocycles. The Labute approximate surface area is 242 Å². The van der Waals surface area contributed by atoms with Crippen LogP contribution in [-0.4, -0.2) is 113 Å². The lowest BCUT2D eigenvalue weighted by atomic mass is 9.53. The van der Waals surface area contributed by atoms with E-state index in [1.807, 2.05) is 19.0 Å². The lowest BCUT2D eigenvalue weighted by Crippen LogP contribution is -2.69. The first-order chi connectivity index (χ1) is 19.7. The average Bonchev–Trinajstić information content (AvgIpc) is 2.93. The Hall–Kier alpha value is -3.81. The lowest BCUT2D eigenvalue weighted by Gasteiger charge is -2.53. The number of hydrogen-bond donors (Lipinski definition) is 5. The predicted octanol–water partition coefficient (Wildman–Crippen LogP) is 0.800. The molecule has 226 valence electrons. The van der Waals surface area contributed by atoms with E-state index in [0.717, 1.165) is 25.9 Å². The summed E-state index contributed by atoms with van der Waals surface area (Å²) in [5.74, 6) is -9.08. The maximum absolute atomic E-state index is 14.3. The Morgan fingerprint density at radius 2 is 1.74 bits per heavy atom. The second-order valence-electron chi connectivity index (χ2n) is 12.2. The fraction of sp³-hybridized carbons (Fsp3) is 0.552. The smallest absolute Gasteiger partial charge is 0.255 e. The molecule has 0 bridgehead atoms. The Bertz CT molecular complexity index is 1450. The minimum absolute atomic E-state index is 0.0271. The minimum Gasteiger partial charge on any atom is -0.508 e. The molecule has 0 unspecified atom stereocenters. The van der Waals surface area contributed by atoms with Crippen molar-refractivity contribution in [1.82, 2.24) is 9.80 Å². The number of likely N-dealkylation sites (N-methyl/N-ethyl adjacent to an activating group) is 1. The molecule has 1 saturated carbocycles. The van der Waals surface area contributed by atoms with Gasteiger partial charge in [-0.15, -0.1) is 4.91 Å². The lowest BCUT2D eigenvalue weighted by molar-refractivity contribution is -0.142. The number of piperidine rings is 1. The number of fused-ring (bicyclic) bond motifs is 3. The number of amides is 1. The normalized spacial score (nSPS) is 32.0. The number of phenolic OH excluding ortho intramolecular Hbond substituents is 1. The van der Waals surface area contributed by atoms with Gasteiger partial charge in [0.2, 0.25) is 11.3 Å². The largest absolute Gasteiger partial charge is 0.508 e. The SMILES string of the molecule is C[C@H]1c2ccc(N(C)C3CCN(C)CC3)c(O)c2C(O)=C2C(=O)[C@]3(N=O)C(O)=C(C(N)=O)C(=O)[C@@H](N(C)C)[C@@H]3[C@@H](O)[C@@H]21. The van der Waals surface area contributed by atoms with Crippen LogP contribution in [0.4, 0.5) is 5.69 Å². The highest BCUT2D eigenvalue weighted by Gasteiger charge is 2.70. The van der Waals surface area contributed by atoms with Crippen molar-refractivity contribution in [2.24, 2.45) is 22.7 Å². The molecule has 13 heteroatoms. The molecule has 1 aromatic carbocycles. The van der Waals surface area contributed by atoms with Crippen LogP contribution in [0.3, 0.4) is 0 Å². The van der Waals surface area contributed by atoms with Crippen LogP contribution in [0.15, 0.2) is 34.2 Å². The third-order valence-corrected chi connectivity index (χ3v) is 9.87. The van der Waals surface area contributed by atoms with Gasteiger partial charge in [-0.2, -0.15) is 0 Å². The highest BCUT2D eigenvalue weighted by Crippen LogP contribution is 2.58. The summed E-state index contributed by atoms with van der Waals surface area (Å²) in [7, 11) is 6.80. The summed E-state index contributed by atoms with van der Waals surface area (Å²) in [5, 5.41) is 49.1. The number of aliphatic hydroxyl groups is 3. The first-order valence-corrected chi connectivity index (χ1v) is 13.9. The van der Waals surface area contributed by atoms with Crippen molar-refractivity contribution < 1.29 is 34.8 Å². The molecule has 4 aliphatic rings. The summed E-state index contributed by atoms with van der Waals surface area (Å²) < 4.78 is 0. The van der Waals surface area contributed by atoms with Gasteiger partial charge in [0.1, 0.15) is 22.8 Å². The van der Waals surface area contributed by atoms with E-state index in [2.05, 4.69) is 10.1 Å². The number of primary amides is 1. The third-order valence-electron chi connectivity index (χ3n) is 9.87. The second kappa shape index (κ2) is 10.2. The average molecular weight is 584 g/mol. The van der Waals surface area contributed by atoms with E-state index < -0.39 is 75.6 Å². The zero-order valence-corrected chi connectivity index (χ0v) is 24.2. The van der Waals surface area contributed by atoms with Crippen LogP contribution in [0.25, 0.3) is 5.76 Å². The Morgan fingerprint density at radius 3 is 2.29 bits per heavy atom. The molecule has 1 aliphatic heterocycles. The number of aromatic hydroxyl groups is 1. The number of nitrogens with zero attached hydrogens (tertiary/aromatic N) is 4. The molecule has 13 nitrogen and oxygen atoms in total. The van der Waals surface area contributed by atoms with Crippen LogP contribution in [0.1, 0.15) is 36.8 Å². The monoisotopic (exact) mass is 583 g/mol. The number of Topliss-reactive ketones (excluding diaryl/α,β-unsaturated/α-hetero) is 2. The molecular weight excluding hydrogens is 546 g/mol. The van der Waals surface area contributed by atoms with Gasteiger partial charge in [0.25, 0.3) is 5.91 Å². The minimum atomic E-state index is -2.82. The van der Waals surface area contributed by atoms with Gasteiger partial charge >= 0.3 is 0 Å². The van der Waals surface area contributed by atoms with E-state index in [-0.39, 0.29) is 17.4 Å². The van der Waals surface area contributed by atoms with Crippen molar-refractivity contribution in [1.29, 1.82) is 0 Å². The number of hydrogen-bond acceptors (Lipinski definition) is 12. The molecule has 6 atom stereocenters. The Balaban J connectivity index is 1.72. The molecule has 6 N–H and O–H groups in total. The van der Waals surface area contributed by atoms with Crippen molar-refractivity contribution in [3.8, 4) is 5.75 Å². The Morgan fingerprint density at radius 1 is 1.12 bits per heavy atom. The van der Waals surface area contributed by atoms with Gasteiger partial charge in [-0.05, 0) is 69.8 Å². The molecule has 5 rings (SSSR count). The molecule has 0 aromatic heterocycles.